The van der Waals surface area contributed by atoms with Crippen molar-refractivity contribution in [1.82, 2.24) is 10.2 Å². The molecule has 1 fully saturated rings. The highest BCUT2D eigenvalue weighted by molar-refractivity contribution is 9.10. The minimum atomic E-state index is -0.640. The highest BCUT2D eigenvalue weighted by atomic mass is 79.9. The van der Waals surface area contributed by atoms with Crippen molar-refractivity contribution in [1.29, 1.82) is 0 Å². The number of hydrogen-bond acceptors (Lipinski definition) is 3. The van der Waals surface area contributed by atoms with Gasteiger partial charge in [0.1, 0.15) is 6.04 Å². The fourth-order valence-electron chi connectivity index (χ4n) is 2.09. The number of hydrogen-bond donors (Lipinski definition) is 1. The summed E-state index contributed by atoms with van der Waals surface area (Å²) < 4.78 is 0.683. The molecule has 1 saturated heterocycles. The number of piperidine rings is 1. The van der Waals surface area contributed by atoms with Crippen LogP contribution in [0.15, 0.2) is 22.7 Å². The summed E-state index contributed by atoms with van der Waals surface area (Å²) in [5, 5.41) is 2.68. The predicted octanol–water partition coefficient (Wildman–Crippen LogP) is 1.63. The molecule has 0 aromatic heterocycles. The third-order valence-corrected chi connectivity index (χ3v) is 3.98. The largest absolute Gasteiger partial charge is 0.340 e. The molecule has 0 spiro atoms. The summed E-state index contributed by atoms with van der Waals surface area (Å²) in [6, 6.07) is 4.74. The molecule has 2 rings (SSSR count). The lowest BCUT2D eigenvalue weighted by atomic mass is 10.0. The summed E-state index contributed by atoms with van der Waals surface area (Å²) in [4.78, 5) is 36.6. The molecule has 1 aliphatic rings. The van der Waals surface area contributed by atoms with Gasteiger partial charge in [0.05, 0.1) is 5.56 Å². The second kappa shape index (κ2) is 5.75. The van der Waals surface area contributed by atoms with E-state index in [0.29, 0.717) is 16.5 Å². The predicted molar refractivity (Wildman–Crippen MR) is 77.1 cm³/mol. The van der Waals surface area contributed by atoms with Gasteiger partial charge in [-0.2, -0.15) is 0 Å². The summed E-state index contributed by atoms with van der Waals surface area (Å²) in [5.74, 6) is -0.896. The first kappa shape index (κ1) is 14.7. The van der Waals surface area contributed by atoms with Gasteiger partial charge in [-0.05, 0) is 47.0 Å². The van der Waals surface area contributed by atoms with Crippen LogP contribution in [0.25, 0.3) is 0 Å². The number of rotatable bonds is 2. The molecule has 1 heterocycles. The van der Waals surface area contributed by atoms with Crippen LogP contribution in [0, 0.1) is 6.92 Å². The smallest absolute Gasteiger partial charge is 0.253 e. The monoisotopic (exact) mass is 338 g/mol. The van der Waals surface area contributed by atoms with Crippen molar-refractivity contribution in [2.45, 2.75) is 25.8 Å². The number of aryl methyl sites for hydroxylation is 1. The first-order valence-corrected chi connectivity index (χ1v) is 7.07. The van der Waals surface area contributed by atoms with Crippen LogP contribution >= 0.6 is 15.9 Å². The molecule has 0 saturated carbocycles. The van der Waals surface area contributed by atoms with E-state index in [9.17, 15) is 14.4 Å². The van der Waals surface area contributed by atoms with Crippen molar-refractivity contribution >= 4 is 33.7 Å². The zero-order valence-corrected chi connectivity index (χ0v) is 12.9. The highest BCUT2D eigenvalue weighted by Crippen LogP contribution is 2.19. The number of benzene rings is 1. The molecule has 106 valence electrons. The molecular weight excluding hydrogens is 324 g/mol. The van der Waals surface area contributed by atoms with E-state index in [-0.39, 0.29) is 24.1 Å². The molecular formula is C14H15BrN2O3. The third kappa shape index (κ3) is 2.90. The Hall–Kier alpha value is -1.69. The van der Waals surface area contributed by atoms with E-state index >= 15 is 0 Å². The lowest BCUT2D eigenvalue weighted by Gasteiger charge is -2.28. The van der Waals surface area contributed by atoms with Crippen LogP contribution in [0.4, 0.5) is 0 Å². The molecule has 1 aromatic rings. The Morgan fingerprint density at radius 2 is 2.10 bits per heavy atom. The number of carbonyl (C=O) groups is 3. The van der Waals surface area contributed by atoms with E-state index < -0.39 is 6.04 Å². The van der Waals surface area contributed by atoms with Crippen molar-refractivity contribution in [2.75, 3.05) is 7.05 Å². The quantitative estimate of drug-likeness (QED) is 0.833. The Labute approximate surface area is 125 Å². The van der Waals surface area contributed by atoms with Crippen molar-refractivity contribution in [3.63, 3.8) is 0 Å². The fraction of sp³-hybridized carbons (Fsp3) is 0.357. The van der Waals surface area contributed by atoms with Gasteiger partial charge in [0.15, 0.2) is 0 Å². The minimum absolute atomic E-state index is 0.211. The number of imide groups is 1. The molecule has 3 amide bonds. The normalized spacial score (nSPS) is 19.1. The Kier molecular flexibility index (Phi) is 4.23. The van der Waals surface area contributed by atoms with Gasteiger partial charge in [0.2, 0.25) is 5.91 Å². The van der Waals surface area contributed by atoms with Crippen molar-refractivity contribution in [2.24, 2.45) is 0 Å². The lowest BCUT2D eigenvalue weighted by Crippen LogP contribution is -2.52. The first-order valence-electron chi connectivity index (χ1n) is 6.27. The highest BCUT2D eigenvalue weighted by Gasteiger charge is 2.33. The molecule has 1 N–H and O–H groups in total. The minimum Gasteiger partial charge on any atom is -0.340 e. The van der Waals surface area contributed by atoms with Crippen molar-refractivity contribution in [3.05, 3.63) is 33.8 Å². The van der Waals surface area contributed by atoms with Crippen LogP contribution in [0.5, 0.6) is 0 Å². The maximum atomic E-state index is 12.2. The maximum Gasteiger partial charge on any atom is 0.253 e. The Bertz CT molecular complexity index is 586. The molecule has 1 aliphatic heterocycles. The van der Waals surface area contributed by atoms with Gasteiger partial charge in [0, 0.05) is 17.9 Å². The van der Waals surface area contributed by atoms with Crippen molar-refractivity contribution in [3.8, 4) is 0 Å². The summed E-state index contributed by atoms with van der Waals surface area (Å²) in [5.41, 5.74) is 1.51. The van der Waals surface area contributed by atoms with Gasteiger partial charge >= 0.3 is 0 Å². The van der Waals surface area contributed by atoms with Gasteiger partial charge in [0.25, 0.3) is 11.8 Å². The van der Waals surface area contributed by atoms with Crippen LogP contribution in [0.2, 0.25) is 0 Å². The van der Waals surface area contributed by atoms with Crippen molar-refractivity contribution < 1.29 is 14.4 Å². The van der Waals surface area contributed by atoms with E-state index in [1.165, 1.54) is 7.05 Å². The van der Waals surface area contributed by atoms with Crippen LogP contribution in [-0.4, -0.2) is 35.7 Å². The topological polar surface area (TPSA) is 66.5 Å². The van der Waals surface area contributed by atoms with Crippen LogP contribution < -0.4 is 5.32 Å². The molecule has 0 bridgehead atoms. The van der Waals surface area contributed by atoms with Gasteiger partial charge in [-0.1, -0.05) is 6.07 Å². The summed E-state index contributed by atoms with van der Waals surface area (Å²) in [6.07, 6.45) is 0.611. The van der Waals surface area contributed by atoms with Gasteiger partial charge in [-0.3, -0.25) is 19.3 Å². The lowest BCUT2D eigenvalue weighted by molar-refractivity contribution is -0.147. The van der Waals surface area contributed by atoms with Gasteiger partial charge in [-0.25, -0.2) is 0 Å². The van der Waals surface area contributed by atoms with E-state index in [2.05, 4.69) is 21.2 Å². The van der Waals surface area contributed by atoms with Gasteiger partial charge in [-0.15, -0.1) is 0 Å². The van der Waals surface area contributed by atoms with E-state index in [4.69, 9.17) is 0 Å². The molecule has 1 unspecified atom stereocenters. The van der Waals surface area contributed by atoms with E-state index in [1.54, 1.807) is 6.07 Å². The summed E-state index contributed by atoms with van der Waals surface area (Å²) in [6.45, 7) is 1.93. The van der Waals surface area contributed by atoms with Gasteiger partial charge < -0.3 is 5.32 Å². The number of likely N-dealkylation sites (tertiary alicyclic amines) is 1. The molecule has 1 atom stereocenters. The van der Waals surface area contributed by atoms with E-state index in [0.717, 1.165) is 10.5 Å². The molecule has 5 nitrogen and oxygen atoms in total. The van der Waals surface area contributed by atoms with E-state index in [1.807, 2.05) is 19.1 Å². The Balaban J connectivity index is 2.12. The Morgan fingerprint density at radius 3 is 2.75 bits per heavy atom. The molecule has 1 aromatic carbocycles. The number of nitrogens with one attached hydrogen (secondary N) is 1. The van der Waals surface area contributed by atoms with Crippen LogP contribution in [0.1, 0.15) is 28.8 Å². The first-order chi connectivity index (χ1) is 9.40. The van der Waals surface area contributed by atoms with Crippen LogP contribution in [0.3, 0.4) is 0 Å². The molecule has 0 aliphatic carbocycles. The number of carbonyl (C=O) groups excluding carboxylic acids is 3. The zero-order valence-electron chi connectivity index (χ0n) is 11.3. The SMILES string of the molecule is Cc1ccc(C(=O)NC2CCC(=O)N(C)C2=O)c(Br)c1. The Morgan fingerprint density at radius 1 is 1.40 bits per heavy atom. The summed E-state index contributed by atoms with van der Waals surface area (Å²) in [7, 11) is 1.44. The summed E-state index contributed by atoms with van der Waals surface area (Å²) >= 11 is 3.34. The maximum absolute atomic E-state index is 12.2. The molecule has 0 radical (unpaired) electrons. The third-order valence-electron chi connectivity index (χ3n) is 3.32. The average molecular weight is 339 g/mol. The second-order valence-electron chi connectivity index (χ2n) is 4.84. The fourth-order valence-corrected chi connectivity index (χ4v) is 2.76. The average Bonchev–Trinajstić information content (AvgIpc) is 2.39. The second-order valence-corrected chi connectivity index (χ2v) is 5.69. The molecule has 20 heavy (non-hydrogen) atoms. The molecule has 6 heteroatoms. The number of halogens is 1. The number of nitrogens with zero attached hydrogens (tertiary/aromatic N) is 1. The zero-order chi connectivity index (χ0) is 14.9. The standard InChI is InChI=1S/C14H15BrN2O3/c1-8-3-4-9(10(15)7-8)13(19)16-11-5-6-12(18)17(2)14(11)20/h3-4,7,11H,5-6H2,1-2H3,(H,16,19). The van der Waals surface area contributed by atoms with Crippen LogP contribution in [-0.2, 0) is 9.59 Å². The number of amides is 3. The number of likely N-dealkylation sites (N-methyl/N-ethyl adjacent to an activating group) is 1.